The highest BCUT2D eigenvalue weighted by Crippen LogP contribution is 2.10. The second-order valence-electron chi connectivity index (χ2n) is 4.88. The Kier molecular flexibility index (Phi) is 8.84. The Morgan fingerprint density at radius 1 is 1.12 bits per heavy atom. The van der Waals surface area contributed by atoms with Crippen LogP contribution in [0.15, 0.2) is 0 Å². The molecule has 0 radical (unpaired) electrons. The van der Waals surface area contributed by atoms with Crippen molar-refractivity contribution in [2.24, 2.45) is 0 Å². The minimum Gasteiger partial charge on any atom is -0.379 e. The predicted molar refractivity (Wildman–Crippen MR) is 67.9 cm³/mol. The molecule has 98 valence electrons. The number of nitrogens with one attached hydrogen (secondary N) is 1. The molecule has 0 bridgehead atoms. The van der Waals surface area contributed by atoms with Crippen molar-refractivity contribution in [2.75, 3.05) is 54.1 Å². The molecule has 4 nitrogen and oxygen atoms in total. The van der Waals surface area contributed by atoms with Crippen molar-refractivity contribution < 1.29 is 9.47 Å². The molecule has 4 heteroatoms. The van der Waals surface area contributed by atoms with E-state index >= 15 is 0 Å². The van der Waals surface area contributed by atoms with E-state index in [1.165, 1.54) is 0 Å². The van der Waals surface area contributed by atoms with E-state index < -0.39 is 0 Å². The first-order chi connectivity index (χ1) is 7.48. The highest BCUT2D eigenvalue weighted by Gasteiger charge is 2.14. The van der Waals surface area contributed by atoms with Crippen LogP contribution in [0.1, 0.15) is 20.3 Å². The Labute approximate surface area is 100 Å². The first-order valence-electron chi connectivity index (χ1n) is 5.96. The fourth-order valence-corrected chi connectivity index (χ4v) is 1.11. The Morgan fingerprint density at radius 2 is 1.81 bits per heavy atom. The molecule has 0 amide bonds. The zero-order valence-electron chi connectivity index (χ0n) is 11.5. The highest BCUT2D eigenvalue weighted by atomic mass is 16.5. The smallest absolute Gasteiger partial charge is 0.0634 e. The topological polar surface area (TPSA) is 33.7 Å². The number of hydrogen-bond donors (Lipinski definition) is 1. The number of nitrogens with zero attached hydrogens (tertiary/aromatic N) is 1. The van der Waals surface area contributed by atoms with Crippen LogP contribution in [-0.2, 0) is 9.47 Å². The van der Waals surface area contributed by atoms with Crippen LogP contribution in [-0.4, -0.2) is 64.6 Å². The highest BCUT2D eigenvalue weighted by molar-refractivity contribution is 4.68. The summed E-state index contributed by atoms with van der Waals surface area (Å²) in [5.41, 5.74) is -0.0290. The Hall–Kier alpha value is -0.160. The van der Waals surface area contributed by atoms with Gasteiger partial charge in [0.15, 0.2) is 0 Å². The average molecular weight is 232 g/mol. The summed E-state index contributed by atoms with van der Waals surface area (Å²) < 4.78 is 10.8. The number of hydrogen-bond acceptors (Lipinski definition) is 4. The van der Waals surface area contributed by atoms with Crippen molar-refractivity contribution in [1.82, 2.24) is 10.2 Å². The third kappa shape index (κ3) is 10.4. The molecule has 0 saturated heterocycles. The minimum absolute atomic E-state index is 0.0290. The van der Waals surface area contributed by atoms with Gasteiger partial charge < -0.3 is 19.7 Å². The third-order valence-electron chi connectivity index (χ3n) is 2.56. The maximum absolute atomic E-state index is 5.47. The molecule has 0 spiro atoms. The second-order valence-corrected chi connectivity index (χ2v) is 4.88. The molecule has 0 aromatic heterocycles. The van der Waals surface area contributed by atoms with Gasteiger partial charge in [-0.2, -0.15) is 0 Å². The van der Waals surface area contributed by atoms with Crippen LogP contribution in [0.25, 0.3) is 0 Å². The lowest BCUT2D eigenvalue weighted by Crippen LogP contribution is -2.30. The van der Waals surface area contributed by atoms with Gasteiger partial charge in [-0.3, -0.25) is 0 Å². The molecule has 16 heavy (non-hydrogen) atoms. The lowest BCUT2D eigenvalue weighted by atomic mass is 10.1. The van der Waals surface area contributed by atoms with Crippen molar-refractivity contribution in [1.29, 1.82) is 0 Å². The molecule has 0 unspecified atom stereocenters. The van der Waals surface area contributed by atoms with Crippen molar-refractivity contribution in [2.45, 2.75) is 25.9 Å². The van der Waals surface area contributed by atoms with Gasteiger partial charge in [-0.25, -0.2) is 0 Å². The standard InChI is InChI=1S/C12H28N2O2/c1-12(2,15-5)6-7-13-8-10-16-11-9-14(3)4/h13H,6-11H2,1-5H3. The van der Waals surface area contributed by atoms with Gasteiger partial charge >= 0.3 is 0 Å². The summed E-state index contributed by atoms with van der Waals surface area (Å²) in [7, 11) is 5.85. The summed E-state index contributed by atoms with van der Waals surface area (Å²) in [6, 6.07) is 0. The first-order valence-corrected chi connectivity index (χ1v) is 5.96. The van der Waals surface area contributed by atoms with Crippen LogP contribution in [0.2, 0.25) is 0 Å². The Morgan fingerprint density at radius 3 is 2.38 bits per heavy atom. The van der Waals surface area contributed by atoms with E-state index in [-0.39, 0.29) is 5.60 Å². The van der Waals surface area contributed by atoms with Crippen LogP contribution in [0.5, 0.6) is 0 Å². The SMILES string of the molecule is COC(C)(C)CCNCCOCCN(C)C. The molecule has 0 aliphatic heterocycles. The molecule has 0 heterocycles. The minimum atomic E-state index is -0.0290. The lowest BCUT2D eigenvalue weighted by Gasteiger charge is -2.22. The van der Waals surface area contributed by atoms with Gasteiger partial charge in [0.25, 0.3) is 0 Å². The number of likely N-dealkylation sites (N-methyl/N-ethyl adjacent to an activating group) is 1. The number of methoxy groups -OCH3 is 1. The van der Waals surface area contributed by atoms with Crippen molar-refractivity contribution >= 4 is 0 Å². The number of rotatable bonds is 10. The van der Waals surface area contributed by atoms with Crippen LogP contribution in [0.4, 0.5) is 0 Å². The summed E-state index contributed by atoms with van der Waals surface area (Å²) in [5.74, 6) is 0. The molecule has 0 aromatic rings. The largest absolute Gasteiger partial charge is 0.379 e. The van der Waals surface area contributed by atoms with Gasteiger partial charge in [-0.05, 0) is 40.9 Å². The van der Waals surface area contributed by atoms with E-state index in [1.807, 2.05) is 0 Å². The van der Waals surface area contributed by atoms with Crippen molar-refractivity contribution in [3.63, 3.8) is 0 Å². The maximum atomic E-state index is 5.47. The molecule has 0 aliphatic carbocycles. The van der Waals surface area contributed by atoms with E-state index in [0.29, 0.717) is 0 Å². The van der Waals surface area contributed by atoms with E-state index in [2.05, 4.69) is 38.2 Å². The quantitative estimate of drug-likeness (QED) is 0.569. The van der Waals surface area contributed by atoms with Crippen LogP contribution >= 0.6 is 0 Å². The fraction of sp³-hybridized carbons (Fsp3) is 1.00. The van der Waals surface area contributed by atoms with Crippen molar-refractivity contribution in [3.05, 3.63) is 0 Å². The average Bonchev–Trinajstić information content (AvgIpc) is 2.21. The van der Waals surface area contributed by atoms with E-state index in [1.54, 1.807) is 7.11 Å². The van der Waals surface area contributed by atoms with Crippen molar-refractivity contribution in [3.8, 4) is 0 Å². The first kappa shape index (κ1) is 15.8. The molecule has 0 saturated carbocycles. The van der Waals surface area contributed by atoms with Crippen LogP contribution < -0.4 is 5.32 Å². The zero-order chi connectivity index (χ0) is 12.4. The summed E-state index contributed by atoms with van der Waals surface area (Å²) in [6.07, 6.45) is 1.02. The van der Waals surface area contributed by atoms with Gasteiger partial charge in [0, 0.05) is 20.2 Å². The van der Waals surface area contributed by atoms with Gasteiger partial charge in [0.2, 0.25) is 0 Å². The summed E-state index contributed by atoms with van der Waals surface area (Å²) in [5, 5.41) is 3.35. The predicted octanol–water partition coefficient (Wildman–Crippen LogP) is 0.969. The molecule has 0 fully saturated rings. The molecular formula is C12H28N2O2. The lowest BCUT2D eigenvalue weighted by molar-refractivity contribution is 0.0154. The Balaban J connectivity index is 3.16. The zero-order valence-corrected chi connectivity index (χ0v) is 11.5. The van der Waals surface area contributed by atoms with E-state index in [9.17, 15) is 0 Å². The van der Waals surface area contributed by atoms with E-state index in [0.717, 1.165) is 39.3 Å². The second kappa shape index (κ2) is 8.93. The molecule has 0 atom stereocenters. The summed E-state index contributed by atoms with van der Waals surface area (Å²) >= 11 is 0. The molecule has 0 rings (SSSR count). The van der Waals surface area contributed by atoms with Gasteiger partial charge in [0.1, 0.15) is 0 Å². The molecule has 1 N–H and O–H groups in total. The Bertz CT molecular complexity index is 161. The molecular weight excluding hydrogens is 204 g/mol. The van der Waals surface area contributed by atoms with Gasteiger partial charge in [0.05, 0.1) is 18.8 Å². The fourth-order valence-electron chi connectivity index (χ4n) is 1.11. The third-order valence-corrected chi connectivity index (χ3v) is 2.56. The van der Waals surface area contributed by atoms with E-state index in [4.69, 9.17) is 9.47 Å². The van der Waals surface area contributed by atoms with Crippen LogP contribution in [0.3, 0.4) is 0 Å². The van der Waals surface area contributed by atoms with Gasteiger partial charge in [-0.15, -0.1) is 0 Å². The molecule has 0 aliphatic rings. The maximum Gasteiger partial charge on any atom is 0.0634 e. The molecule has 0 aromatic carbocycles. The normalized spacial score (nSPS) is 12.4. The van der Waals surface area contributed by atoms with Gasteiger partial charge in [-0.1, -0.05) is 0 Å². The summed E-state index contributed by atoms with van der Waals surface area (Å²) in [6.45, 7) is 8.64. The van der Waals surface area contributed by atoms with Crippen LogP contribution in [0, 0.1) is 0 Å². The summed E-state index contributed by atoms with van der Waals surface area (Å²) in [4.78, 5) is 2.12. The number of ether oxygens (including phenoxy) is 2. The monoisotopic (exact) mass is 232 g/mol.